The minimum absolute atomic E-state index is 0.164. The van der Waals surface area contributed by atoms with Crippen molar-refractivity contribution in [2.45, 2.75) is 64.5 Å². The average Bonchev–Trinajstić information content (AvgIpc) is 2.26. The number of aliphatic hydroxyl groups is 2. The van der Waals surface area contributed by atoms with E-state index in [4.69, 9.17) is 5.11 Å². The van der Waals surface area contributed by atoms with Gasteiger partial charge in [0.05, 0.1) is 6.10 Å². The van der Waals surface area contributed by atoms with Gasteiger partial charge in [-0.3, -0.25) is 0 Å². The summed E-state index contributed by atoms with van der Waals surface area (Å²) in [6.45, 7) is 5.62. The van der Waals surface area contributed by atoms with Crippen LogP contribution >= 0.6 is 0 Å². The molecule has 3 nitrogen and oxygen atoms in total. The third kappa shape index (κ3) is 4.81. The molecule has 1 fully saturated rings. The molecule has 0 radical (unpaired) electrons. The Labute approximate surface area is 99.3 Å². The molecule has 0 aromatic heterocycles. The van der Waals surface area contributed by atoms with Gasteiger partial charge in [0.25, 0.3) is 0 Å². The van der Waals surface area contributed by atoms with Gasteiger partial charge in [-0.25, -0.2) is 0 Å². The maximum Gasteiger partial charge on any atom is 0.0693 e. The first kappa shape index (κ1) is 13.9. The van der Waals surface area contributed by atoms with Crippen molar-refractivity contribution in [3.63, 3.8) is 0 Å². The van der Waals surface area contributed by atoms with Gasteiger partial charge in [-0.1, -0.05) is 26.7 Å². The van der Waals surface area contributed by atoms with E-state index in [0.717, 1.165) is 38.6 Å². The summed E-state index contributed by atoms with van der Waals surface area (Å²) in [5, 5.41) is 22.2. The molecule has 3 heteroatoms. The van der Waals surface area contributed by atoms with Gasteiger partial charge in [0.15, 0.2) is 0 Å². The zero-order valence-electron chi connectivity index (χ0n) is 10.7. The summed E-state index contributed by atoms with van der Waals surface area (Å²) in [6, 6.07) is 0.280. The Morgan fingerprint density at radius 2 is 1.94 bits per heavy atom. The zero-order valence-corrected chi connectivity index (χ0v) is 10.7. The van der Waals surface area contributed by atoms with Crippen molar-refractivity contribution < 1.29 is 10.2 Å². The van der Waals surface area contributed by atoms with Gasteiger partial charge in [-0.05, 0) is 31.1 Å². The maximum atomic E-state index is 9.84. The minimum Gasteiger partial charge on any atom is -0.396 e. The van der Waals surface area contributed by atoms with E-state index in [0.29, 0.717) is 0 Å². The van der Waals surface area contributed by atoms with Crippen LogP contribution in [-0.4, -0.2) is 35.5 Å². The third-order valence-electron chi connectivity index (χ3n) is 3.58. The van der Waals surface area contributed by atoms with Crippen molar-refractivity contribution in [1.82, 2.24) is 5.32 Å². The fraction of sp³-hybridized carbons (Fsp3) is 1.00. The van der Waals surface area contributed by atoms with Crippen LogP contribution in [0.1, 0.15) is 52.4 Å². The standard InChI is InChI=1S/C13H27NO2/c1-13(2,8-5-9-15)10-14-11-6-3-4-7-12(11)16/h11-12,14-16H,3-10H2,1-2H3/t11-,12-/m0/s1. The van der Waals surface area contributed by atoms with E-state index in [2.05, 4.69) is 19.2 Å². The second-order valence-electron chi connectivity index (χ2n) is 5.83. The lowest BCUT2D eigenvalue weighted by Crippen LogP contribution is -2.45. The number of rotatable bonds is 6. The lowest BCUT2D eigenvalue weighted by molar-refractivity contribution is 0.0841. The molecule has 0 amide bonds. The fourth-order valence-electron chi connectivity index (χ4n) is 2.40. The smallest absolute Gasteiger partial charge is 0.0693 e. The molecular weight excluding hydrogens is 202 g/mol. The van der Waals surface area contributed by atoms with Crippen LogP contribution in [0.2, 0.25) is 0 Å². The van der Waals surface area contributed by atoms with Crippen LogP contribution in [0.3, 0.4) is 0 Å². The molecule has 3 N–H and O–H groups in total. The molecule has 1 aliphatic carbocycles. The third-order valence-corrected chi connectivity index (χ3v) is 3.58. The van der Waals surface area contributed by atoms with E-state index in [1.807, 2.05) is 0 Å². The molecular formula is C13H27NO2. The topological polar surface area (TPSA) is 52.5 Å². The average molecular weight is 229 g/mol. The molecule has 0 aromatic rings. The molecule has 1 aliphatic rings. The second-order valence-corrected chi connectivity index (χ2v) is 5.83. The summed E-state index contributed by atoms with van der Waals surface area (Å²) >= 11 is 0. The van der Waals surface area contributed by atoms with E-state index in [9.17, 15) is 5.11 Å². The van der Waals surface area contributed by atoms with Crippen LogP contribution in [0.15, 0.2) is 0 Å². The highest BCUT2D eigenvalue weighted by molar-refractivity contribution is 4.83. The van der Waals surface area contributed by atoms with E-state index in [-0.39, 0.29) is 24.2 Å². The van der Waals surface area contributed by atoms with Gasteiger partial charge in [0, 0.05) is 19.2 Å². The first-order chi connectivity index (χ1) is 7.55. The second kappa shape index (κ2) is 6.58. The lowest BCUT2D eigenvalue weighted by Gasteiger charge is -2.33. The molecule has 0 aliphatic heterocycles. The quantitative estimate of drug-likeness (QED) is 0.649. The zero-order chi connectivity index (χ0) is 12.0. The summed E-state index contributed by atoms with van der Waals surface area (Å²) in [4.78, 5) is 0. The lowest BCUT2D eigenvalue weighted by atomic mass is 9.86. The van der Waals surface area contributed by atoms with Gasteiger partial charge in [-0.2, -0.15) is 0 Å². The molecule has 16 heavy (non-hydrogen) atoms. The van der Waals surface area contributed by atoms with Crippen LogP contribution in [0.4, 0.5) is 0 Å². The van der Waals surface area contributed by atoms with Gasteiger partial charge < -0.3 is 15.5 Å². The van der Waals surface area contributed by atoms with Crippen molar-refractivity contribution in [1.29, 1.82) is 0 Å². The van der Waals surface area contributed by atoms with Crippen LogP contribution in [0, 0.1) is 5.41 Å². The Morgan fingerprint density at radius 1 is 1.25 bits per heavy atom. The van der Waals surface area contributed by atoms with Gasteiger partial charge in [0.1, 0.15) is 0 Å². The highest BCUT2D eigenvalue weighted by Gasteiger charge is 2.25. The van der Waals surface area contributed by atoms with Crippen molar-refractivity contribution in [2.24, 2.45) is 5.41 Å². The SMILES string of the molecule is CC(C)(CCCO)CN[C@H]1CCCC[C@@H]1O. The molecule has 0 saturated heterocycles. The molecule has 0 bridgehead atoms. The summed E-state index contributed by atoms with van der Waals surface area (Å²) in [5.41, 5.74) is 0.208. The van der Waals surface area contributed by atoms with Gasteiger partial charge in [0.2, 0.25) is 0 Å². The highest BCUT2D eigenvalue weighted by atomic mass is 16.3. The first-order valence-corrected chi connectivity index (χ1v) is 6.57. The monoisotopic (exact) mass is 229 g/mol. The minimum atomic E-state index is -0.164. The Bertz CT molecular complexity index is 194. The van der Waals surface area contributed by atoms with Crippen molar-refractivity contribution in [3.8, 4) is 0 Å². The Morgan fingerprint density at radius 3 is 2.56 bits per heavy atom. The largest absolute Gasteiger partial charge is 0.396 e. The number of nitrogens with one attached hydrogen (secondary N) is 1. The molecule has 96 valence electrons. The molecule has 1 rings (SSSR count). The fourth-order valence-corrected chi connectivity index (χ4v) is 2.40. The number of hydrogen-bond acceptors (Lipinski definition) is 3. The van der Waals surface area contributed by atoms with E-state index < -0.39 is 0 Å². The summed E-state index contributed by atoms with van der Waals surface area (Å²) in [6.07, 6.45) is 6.15. The predicted octanol–water partition coefficient (Wildman–Crippen LogP) is 1.68. The van der Waals surface area contributed by atoms with Crippen LogP contribution in [0.25, 0.3) is 0 Å². The van der Waals surface area contributed by atoms with E-state index >= 15 is 0 Å². The number of hydrogen-bond donors (Lipinski definition) is 3. The molecule has 1 saturated carbocycles. The Kier molecular flexibility index (Phi) is 5.73. The summed E-state index contributed by atoms with van der Waals surface area (Å²) in [7, 11) is 0. The van der Waals surface area contributed by atoms with E-state index in [1.165, 1.54) is 6.42 Å². The number of aliphatic hydroxyl groups excluding tert-OH is 2. The first-order valence-electron chi connectivity index (χ1n) is 6.57. The Hall–Kier alpha value is -0.120. The van der Waals surface area contributed by atoms with Gasteiger partial charge >= 0.3 is 0 Å². The van der Waals surface area contributed by atoms with Crippen LogP contribution < -0.4 is 5.32 Å². The molecule has 0 heterocycles. The van der Waals surface area contributed by atoms with Crippen LogP contribution in [0.5, 0.6) is 0 Å². The summed E-state index contributed by atoms with van der Waals surface area (Å²) < 4.78 is 0. The van der Waals surface area contributed by atoms with Crippen molar-refractivity contribution in [2.75, 3.05) is 13.2 Å². The highest BCUT2D eigenvalue weighted by Crippen LogP contribution is 2.23. The maximum absolute atomic E-state index is 9.84. The molecule has 0 unspecified atom stereocenters. The molecule has 0 aromatic carbocycles. The molecule has 0 spiro atoms. The summed E-state index contributed by atoms with van der Waals surface area (Å²) in [5.74, 6) is 0. The van der Waals surface area contributed by atoms with E-state index in [1.54, 1.807) is 0 Å². The van der Waals surface area contributed by atoms with Crippen LogP contribution in [-0.2, 0) is 0 Å². The van der Waals surface area contributed by atoms with Crippen molar-refractivity contribution in [3.05, 3.63) is 0 Å². The molecule has 2 atom stereocenters. The normalized spacial score (nSPS) is 27.0. The van der Waals surface area contributed by atoms with Crippen molar-refractivity contribution >= 4 is 0 Å². The predicted molar refractivity (Wildman–Crippen MR) is 66.4 cm³/mol. The Balaban J connectivity index is 2.26. The van der Waals surface area contributed by atoms with Gasteiger partial charge in [-0.15, -0.1) is 0 Å².